The number of rotatable bonds is 2. The zero-order valence-corrected chi connectivity index (χ0v) is 10.2. The first-order valence-electron chi connectivity index (χ1n) is 5.78. The standard InChI is InChI=1S/C13H16N2S/c1-9-12(5-7-16-9)15-11-2-3-13-10(8-11)4-6-14-13/h2-4,6,8-9,12,14-15H,5,7H2,1H3. The minimum absolute atomic E-state index is 0.626. The van der Waals surface area contributed by atoms with Gasteiger partial charge in [-0.1, -0.05) is 6.92 Å². The van der Waals surface area contributed by atoms with E-state index in [4.69, 9.17) is 0 Å². The molecular formula is C13H16N2S. The number of H-pyrrole nitrogens is 1. The molecule has 84 valence electrons. The normalized spacial score (nSPS) is 25.1. The Morgan fingerprint density at radius 2 is 2.31 bits per heavy atom. The fraction of sp³-hybridized carbons (Fsp3) is 0.385. The van der Waals surface area contributed by atoms with Crippen molar-refractivity contribution < 1.29 is 0 Å². The lowest BCUT2D eigenvalue weighted by molar-refractivity contribution is 0.724. The van der Waals surface area contributed by atoms with Crippen molar-refractivity contribution in [1.29, 1.82) is 0 Å². The Morgan fingerprint density at radius 1 is 1.38 bits per heavy atom. The highest BCUT2D eigenvalue weighted by molar-refractivity contribution is 8.00. The van der Waals surface area contributed by atoms with E-state index in [0.717, 1.165) is 5.25 Å². The predicted molar refractivity (Wildman–Crippen MR) is 72.2 cm³/mol. The van der Waals surface area contributed by atoms with Crippen LogP contribution >= 0.6 is 11.8 Å². The van der Waals surface area contributed by atoms with Gasteiger partial charge in [0.25, 0.3) is 0 Å². The third kappa shape index (κ3) is 1.80. The summed E-state index contributed by atoms with van der Waals surface area (Å²) in [5.74, 6) is 1.28. The van der Waals surface area contributed by atoms with E-state index in [2.05, 4.69) is 53.3 Å². The third-order valence-electron chi connectivity index (χ3n) is 3.28. The van der Waals surface area contributed by atoms with E-state index in [1.807, 2.05) is 6.20 Å². The summed E-state index contributed by atoms with van der Waals surface area (Å²) in [6.07, 6.45) is 3.26. The van der Waals surface area contributed by atoms with Gasteiger partial charge < -0.3 is 10.3 Å². The van der Waals surface area contributed by atoms with Crippen LogP contribution < -0.4 is 5.32 Å². The molecule has 2 atom stereocenters. The van der Waals surface area contributed by atoms with E-state index < -0.39 is 0 Å². The molecule has 1 aliphatic heterocycles. The molecular weight excluding hydrogens is 216 g/mol. The number of hydrogen-bond acceptors (Lipinski definition) is 2. The van der Waals surface area contributed by atoms with Crippen LogP contribution in [-0.2, 0) is 0 Å². The molecule has 0 bridgehead atoms. The highest BCUT2D eigenvalue weighted by Gasteiger charge is 2.23. The molecule has 2 unspecified atom stereocenters. The van der Waals surface area contributed by atoms with Gasteiger partial charge in [0.1, 0.15) is 0 Å². The van der Waals surface area contributed by atoms with Crippen LogP contribution in [0.5, 0.6) is 0 Å². The fourth-order valence-electron chi connectivity index (χ4n) is 2.28. The first-order chi connectivity index (χ1) is 7.83. The largest absolute Gasteiger partial charge is 0.381 e. The average molecular weight is 232 g/mol. The molecule has 16 heavy (non-hydrogen) atoms. The van der Waals surface area contributed by atoms with Crippen molar-refractivity contribution in [1.82, 2.24) is 4.98 Å². The number of anilines is 1. The Kier molecular flexibility index (Phi) is 2.56. The van der Waals surface area contributed by atoms with Crippen molar-refractivity contribution >= 4 is 28.4 Å². The van der Waals surface area contributed by atoms with Gasteiger partial charge in [-0.15, -0.1) is 0 Å². The summed E-state index contributed by atoms with van der Waals surface area (Å²) in [5.41, 5.74) is 2.45. The zero-order chi connectivity index (χ0) is 11.0. The predicted octanol–water partition coefficient (Wildman–Crippen LogP) is 3.47. The number of aromatic amines is 1. The minimum atomic E-state index is 0.626. The molecule has 3 rings (SSSR count). The molecule has 2 N–H and O–H groups in total. The van der Waals surface area contributed by atoms with Crippen LogP contribution in [0.1, 0.15) is 13.3 Å². The summed E-state index contributed by atoms with van der Waals surface area (Å²) in [7, 11) is 0. The highest BCUT2D eigenvalue weighted by atomic mass is 32.2. The fourth-order valence-corrected chi connectivity index (χ4v) is 3.48. The monoisotopic (exact) mass is 232 g/mol. The van der Waals surface area contributed by atoms with Gasteiger partial charge in [0.2, 0.25) is 0 Å². The summed E-state index contributed by atoms with van der Waals surface area (Å²) in [4.78, 5) is 3.22. The highest BCUT2D eigenvalue weighted by Crippen LogP contribution is 2.29. The second kappa shape index (κ2) is 4.06. The molecule has 0 amide bonds. The molecule has 1 aliphatic rings. The van der Waals surface area contributed by atoms with E-state index >= 15 is 0 Å². The second-order valence-corrected chi connectivity index (χ2v) is 5.88. The molecule has 3 heteroatoms. The Morgan fingerprint density at radius 3 is 3.12 bits per heavy atom. The van der Waals surface area contributed by atoms with Crippen molar-refractivity contribution in [2.24, 2.45) is 0 Å². The molecule has 0 aliphatic carbocycles. The van der Waals surface area contributed by atoms with E-state index in [1.54, 1.807) is 0 Å². The molecule has 0 spiro atoms. The van der Waals surface area contributed by atoms with Gasteiger partial charge in [0.05, 0.1) is 0 Å². The number of nitrogens with one attached hydrogen (secondary N) is 2. The van der Waals surface area contributed by atoms with Gasteiger partial charge in [-0.3, -0.25) is 0 Å². The van der Waals surface area contributed by atoms with E-state index in [9.17, 15) is 0 Å². The molecule has 2 aromatic rings. The van der Waals surface area contributed by atoms with Crippen molar-refractivity contribution in [2.45, 2.75) is 24.6 Å². The van der Waals surface area contributed by atoms with Crippen molar-refractivity contribution in [2.75, 3.05) is 11.1 Å². The van der Waals surface area contributed by atoms with E-state index in [1.165, 1.54) is 28.8 Å². The summed E-state index contributed by atoms with van der Waals surface area (Å²) in [6.45, 7) is 2.31. The van der Waals surface area contributed by atoms with Gasteiger partial charge >= 0.3 is 0 Å². The van der Waals surface area contributed by atoms with Gasteiger partial charge in [-0.05, 0) is 36.4 Å². The average Bonchev–Trinajstić information content (AvgIpc) is 2.88. The number of thioether (sulfide) groups is 1. The third-order valence-corrected chi connectivity index (χ3v) is 4.61. The summed E-state index contributed by atoms with van der Waals surface area (Å²) in [6, 6.07) is 9.27. The summed E-state index contributed by atoms with van der Waals surface area (Å²) >= 11 is 2.06. The number of fused-ring (bicyclic) bond motifs is 1. The van der Waals surface area contributed by atoms with E-state index in [-0.39, 0.29) is 0 Å². The Hall–Kier alpha value is -1.09. The Balaban J connectivity index is 1.83. The molecule has 0 radical (unpaired) electrons. The quantitative estimate of drug-likeness (QED) is 0.829. The molecule has 2 nitrogen and oxygen atoms in total. The van der Waals surface area contributed by atoms with Crippen molar-refractivity contribution in [3.8, 4) is 0 Å². The Bertz CT molecular complexity index is 491. The summed E-state index contributed by atoms with van der Waals surface area (Å²) < 4.78 is 0. The van der Waals surface area contributed by atoms with E-state index in [0.29, 0.717) is 6.04 Å². The molecule has 1 aromatic heterocycles. The number of aromatic nitrogens is 1. The molecule has 1 saturated heterocycles. The summed E-state index contributed by atoms with van der Waals surface area (Å²) in [5, 5.41) is 5.64. The smallest absolute Gasteiger partial charge is 0.0455 e. The maximum absolute atomic E-state index is 3.64. The first-order valence-corrected chi connectivity index (χ1v) is 6.83. The van der Waals surface area contributed by atoms with Crippen LogP contribution in [0.25, 0.3) is 10.9 Å². The zero-order valence-electron chi connectivity index (χ0n) is 9.36. The minimum Gasteiger partial charge on any atom is -0.381 e. The van der Waals surface area contributed by atoms with Gasteiger partial charge in [-0.25, -0.2) is 0 Å². The van der Waals surface area contributed by atoms with Crippen LogP contribution in [0.15, 0.2) is 30.5 Å². The van der Waals surface area contributed by atoms with Crippen LogP contribution in [0, 0.1) is 0 Å². The van der Waals surface area contributed by atoms with Crippen LogP contribution in [0.3, 0.4) is 0 Å². The maximum atomic E-state index is 3.64. The van der Waals surface area contributed by atoms with Crippen molar-refractivity contribution in [3.05, 3.63) is 30.5 Å². The number of hydrogen-bond donors (Lipinski definition) is 2. The van der Waals surface area contributed by atoms with Gasteiger partial charge in [0.15, 0.2) is 0 Å². The number of benzene rings is 1. The second-order valence-electron chi connectivity index (χ2n) is 4.40. The molecule has 1 aromatic carbocycles. The Labute approximate surface area is 99.8 Å². The van der Waals surface area contributed by atoms with Crippen LogP contribution in [-0.4, -0.2) is 22.0 Å². The van der Waals surface area contributed by atoms with Gasteiger partial charge in [-0.2, -0.15) is 11.8 Å². The van der Waals surface area contributed by atoms with Crippen molar-refractivity contribution in [3.63, 3.8) is 0 Å². The lowest BCUT2D eigenvalue weighted by atomic mass is 10.1. The van der Waals surface area contributed by atoms with Gasteiger partial charge in [0, 0.05) is 34.1 Å². The molecule has 2 heterocycles. The lowest BCUT2D eigenvalue weighted by Crippen LogP contribution is -2.24. The maximum Gasteiger partial charge on any atom is 0.0455 e. The van der Waals surface area contributed by atoms with Crippen LogP contribution in [0.2, 0.25) is 0 Å². The SMILES string of the molecule is CC1SCCC1Nc1ccc2[nH]ccc2c1. The van der Waals surface area contributed by atoms with Crippen LogP contribution in [0.4, 0.5) is 5.69 Å². The first kappa shape index (κ1) is 10.1. The lowest BCUT2D eigenvalue weighted by Gasteiger charge is -2.17. The molecule has 0 saturated carbocycles. The molecule has 1 fully saturated rings. The topological polar surface area (TPSA) is 27.8 Å².